The third kappa shape index (κ3) is 5.62. The lowest BCUT2D eigenvalue weighted by Gasteiger charge is -2.03. The molecule has 1 rings (SSSR count). The van der Waals surface area contributed by atoms with Crippen LogP contribution in [0.25, 0.3) is 0 Å². The van der Waals surface area contributed by atoms with Gasteiger partial charge >= 0.3 is 0 Å². The summed E-state index contributed by atoms with van der Waals surface area (Å²) in [7, 11) is 1.68. The standard InChI is InChI=1S/C13H25N3O2/c1-4-14-10-13-11-16(15-12(13)2)6-5-7-18-9-8-17-3/h11,14H,4-10H2,1-3H3. The van der Waals surface area contributed by atoms with Gasteiger partial charge in [0.25, 0.3) is 0 Å². The molecule has 0 saturated carbocycles. The van der Waals surface area contributed by atoms with Crippen LogP contribution in [0.1, 0.15) is 24.6 Å². The summed E-state index contributed by atoms with van der Waals surface area (Å²) in [6.07, 6.45) is 3.10. The molecule has 5 heteroatoms. The van der Waals surface area contributed by atoms with E-state index in [1.807, 2.05) is 4.68 Å². The molecule has 0 saturated heterocycles. The van der Waals surface area contributed by atoms with E-state index in [0.29, 0.717) is 13.2 Å². The van der Waals surface area contributed by atoms with Gasteiger partial charge in [-0.2, -0.15) is 5.10 Å². The topological polar surface area (TPSA) is 48.3 Å². The lowest BCUT2D eigenvalue weighted by molar-refractivity contribution is 0.0677. The highest BCUT2D eigenvalue weighted by atomic mass is 16.5. The normalized spacial score (nSPS) is 11.1. The van der Waals surface area contributed by atoms with Crippen molar-refractivity contribution in [3.8, 4) is 0 Å². The molecule has 1 heterocycles. The molecule has 0 aromatic carbocycles. The monoisotopic (exact) mass is 255 g/mol. The molecule has 1 N–H and O–H groups in total. The first-order chi connectivity index (χ1) is 8.77. The summed E-state index contributed by atoms with van der Waals surface area (Å²) in [6, 6.07) is 0. The third-order valence-corrected chi connectivity index (χ3v) is 2.72. The second-order valence-corrected chi connectivity index (χ2v) is 4.24. The first-order valence-electron chi connectivity index (χ1n) is 6.58. The minimum Gasteiger partial charge on any atom is -0.382 e. The molecular weight excluding hydrogens is 230 g/mol. The molecule has 5 nitrogen and oxygen atoms in total. The Morgan fingerprint density at radius 1 is 1.33 bits per heavy atom. The molecular formula is C13H25N3O2. The van der Waals surface area contributed by atoms with Crippen LogP contribution >= 0.6 is 0 Å². The van der Waals surface area contributed by atoms with Gasteiger partial charge < -0.3 is 14.8 Å². The second kappa shape index (κ2) is 9.08. The number of methoxy groups -OCH3 is 1. The van der Waals surface area contributed by atoms with Crippen molar-refractivity contribution in [3.05, 3.63) is 17.5 Å². The van der Waals surface area contributed by atoms with E-state index in [1.165, 1.54) is 5.56 Å². The zero-order valence-electron chi connectivity index (χ0n) is 11.7. The molecule has 0 radical (unpaired) electrons. The number of hydrogen-bond acceptors (Lipinski definition) is 4. The summed E-state index contributed by atoms with van der Waals surface area (Å²) in [5.74, 6) is 0. The molecule has 0 bridgehead atoms. The van der Waals surface area contributed by atoms with Crippen LogP contribution in [0.3, 0.4) is 0 Å². The third-order valence-electron chi connectivity index (χ3n) is 2.72. The minimum atomic E-state index is 0.660. The smallest absolute Gasteiger partial charge is 0.0700 e. The first kappa shape index (κ1) is 15.1. The highest BCUT2D eigenvalue weighted by Crippen LogP contribution is 2.05. The number of aromatic nitrogens is 2. The van der Waals surface area contributed by atoms with Crippen LogP contribution < -0.4 is 5.32 Å². The Morgan fingerprint density at radius 3 is 2.89 bits per heavy atom. The molecule has 0 fully saturated rings. The zero-order chi connectivity index (χ0) is 13.2. The average Bonchev–Trinajstić information content (AvgIpc) is 2.72. The Bertz CT molecular complexity index is 326. The molecule has 0 unspecified atom stereocenters. The fraction of sp³-hybridized carbons (Fsp3) is 0.769. The van der Waals surface area contributed by atoms with Gasteiger partial charge in [0.2, 0.25) is 0 Å². The summed E-state index contributed by atoms with van der Waals surface area (Å²) in [4.78, 5) is 0. The van der Waals surface area contributed by atoms with E-state index >= 15 is 0 Å². The van der Waals surface area contributed by atoms with Crippen molar-refractivity contribution in [3.63, 3.8) is 0 Å². The predicted molar refractivity (Wildman–Crippen MR) is 71.7 cm³/mol. The summed E-state index contributed by atoms with van der Waals surface area (Å²) in [5, 5.41) is 7.81. The Kier molecular flexibility index (Phi) is 7.64. The maximum atomic E-state index is 5.42. The summed E-state index contributed by atoms with van der Waals surface area (Å²) in [5.41, 5.74) is 2.38. The molecule has 18 heavy (non-hydrogen) atoms. The summed E-state index contributed by atoms with van der Waals surface area (Å²) < 4.78 is 12.3. The van der Waals surface area contributed by atoms with Crippen LogP contribution in [0, 0.1) is 6.92 Å². The van der Waals surface area contributed by atoms with Crippen molar-refractivity contribution >= 4 is 0 Å². The maximum Gasteiger partial charge on any atom is 0.0700 e. The largest absolute Gasteiger partial charge is 0.382 e. The van der Waals surface area contributed by atoms with Gasteiger partial charge in [0.1, 0.15) is 0 Å². The Morgan fingerprint density at radius 2 is 2.17 bits per heavy atom. The number of aryl methyl sites for hydroxylation is 2. The fourth-order valence-corrected chi connectivity index (χ4v) is 1.68. The highest BCUT2D eigenvalue weighted by Gasteiger charge is 2.03. The Balaban J connectivity index is 2.21. The number of rotatable bonds is 10. The van der Waals surface area contributed by atoms with Crippen molar-refractivity contribution in [1.82, 2.24) is 15.1 Å². The van der Waals surface area contributed by atoms with E-state index in [-0.39, 0.29) is 0 Å². The lowest BCUT2D eigenvalue weighted by Crippen LogP contribution is -2.11. The number of nitrogens with zero attached hydrogens (tertiary/aromatic N) is 2. The van der Waals surface area contributed by atoms with E-state index in [9.17, 15) is 0 Å². The van der Waals surface area contributed by atoms with E-state index in [0.717, 1.165) is 38.4 Å². The van der Waals surface area contributed by atoms with Gasteiger partial charge in [0, 0.05) is 38.6 Å². The van der Waals surface area contributed by atoms with Crippen molar-refractivity contribution in [2.75, 3.05) is 33.5 Å². The SMILES string of the molecule is CCNCc1cn(CCCOCCOC)nc1C. The number of hydrogen-bond donors (Lipinski definition) is 1. The molecule has 1 aromatic heterocycles. The maximum absolute atomic E-state index is 5.42. The van der Waals surface area contributed by atoms with Gasteiger partial charge in [-0.15, -0.1) is 0 Å². The summed E-state index contributed by atoms with van der Waals surface area (Å²) in [6.45, 7) is 9.03. The zero-order valence-corrected chi connectivity index (χ0v) is 11.7. The van der Waals surface area contributed by atoms with Gasteiger partial charge in [-0.1, -0.05) is 6.92 Å². The van der Waals surface area contributed by atoms with Gasteiger partial charge in [0.05, 0.1) is 18.9 Å². The van der Waals surface area contributed by atoms with Gasteiger partial charge in [-0.05, 0) is 19.9 Å². The predicted octanol–water partition coefficient (Wildman–Crippen LogP) is 1.35. The average molecular weight is 255 g/mol. The van der Waals surface area contributed by atoms with Crippen molar-refractivity contribution < 1.29 is 9.47 Å². The second-order valence-electron chi connectivity index (χ2n) is 4.24. The molecule has 0 aliphatic carbocycles. The van der Waals surface area contributed by atoms with Gasteiger partial charge in [-0.3, -0.25) is 4.68 Å². The van der Waals surface area contributed by atoms with Crippen LogP contribution in [0.5, 0.6) is 0 Å². The molecule has 104 valence electrons. The highest BCUT2D eigenvalue weighted by molar-refractivity contribution is 5.14. The fourth-order valence-electron chi connectivity index (χ4n) is 1.68. The number of nitrogens with one attached hydrogen (secondary N) is 1. The van der Waals surface area contributed by atoms with Crippen LogP contribution in [-0.4, -0.2) is 43.3 Å². The van der Waals surface area contributed by atoms with Crippen LogP contribution in [0.2, 0.25) is 0 Å². The molecule has 1 aromatic rings. The Labute approximate surface area is 109 Å². The Hall–Kier alpha value is -0.910. The minimum absolute atomic E-state index is 0.660. The van der Waals surface area contributed by atoms with Crippen molar-refractivity contribution in [2.24, 2.45) is 0 Å². The molecule has 0 atom stereocenters. The van der Waals surface area contributed by atoms with Crippen LogP contribution in [-0.2, 0) is 22.6 Å². The van der Waals surface area contributed by atoms with Crippen LogP contribution in [0.15, 0.2) is 6.20 Å². The molecule has 0 spiro atoms. The van der Waals surface area contributed by atoms with Gasteiger partial charge in [-0.25, -0.2) is 0 Å². The van der Waals surface area contributed by atoms with E-state index in [1.54, 1.807) is 7.11 Å². The first-order valence-corrected chi connectivity index (χ1v) is 6.58. The number of ether oxygens (including phenoxy) is 2. The van der Waals surface area contributed by atoms with Gasteiger partial charge in [0.15, 0.2) is 0 Å². The van der Waals surface area contributed by atoms with Crippen molar-refractivity contribution in [2.45, 2.75) is 33.4 Å². The van der Waals surface area contributed by atoms with Crippen LogP contribution in [0.4, 0.5) is 0 Å². The van der Waals surface area contributed by atoms with E-state index in [4.69, 9.17) is 9.47 Å². The summed E-state index contributed by atoms with van der Waals surface area (Å²) >= 11 is 0. The molecule has 0 aliphatic heterocycles. The van der Waals surface area contributed by atoms with E-state index in [2.05, 4.69) is 30.5 Å². The molecule has 0 aliphatic rings. The van der Waals surface area contributed by atoms with E-state index < -0.39 is 0 Å². The quantitative estimate of drug-likeness (QED) is 0.641. The molecule has 0 amide bonds. The lowest BCUT2D eigenvalue weighted by atomic mass is 10.2. The van der Waals surface area contributed by atoms with Crippen molar-refractivity contribution in [1.29, 1.82) is 0 Å².